The van der Waals surface area contributed by atoms with Crippen molar-refractivity contribution in [2.75, 3.05) is 6.54 Å². The highest BCUT2D eigenvalue weighted by molar-refractivity contribution is 6.31. The molecule has 0 saturated heterocycles. The molecule has 0 fully saturated rings. The molecule has 0 aliphatic carbocycles. The van der Waals surface area contributed by atoms with E-state index < -0.39 is 6.10 Å². The van der Waals surface area contributed by atoms with E-state index in [0.717, 1.165) is 0 Å². The van der Waals surface area contributed by atoms with Gasteiger partial charge in [-0.05, 0) is 25.3 Å². The molecule has 1 heterocycles. The Balaban J connectivity index is 2.54. The molecule has 0 spiro atoms. The summed E-state index contributed by atoms with van der Waals surface area (Å²) in [6.07, 6.45) is 1.89. The Morgan fingerprint density at radius 1 is 1.56 bits per heavy atom. The molecule has 1 unspecified atom stereocenters. The van der Waals surface area contributed by atoms with Gasteiger partial charge in [0.05, 0.1) is 11.1 Å². The van der Waals surface area contributed by atoms with Crippen LogP contribution in [0.25, 0.3) is 0 Å². The Bertz CT molecular complexity index is 402. The van der Waals surface area contributed by atoms with Gasteiger partial charge in [0.2, 0.25) is 0 Å². The van der Waals surface area contributed by atoms with Crippen LogP contribution in [0.3, 0.4) is 0 Å². The van der Waals surface area contributed by atoms with E-state index in [-0.39, 0.29) is 12.5 Å². The highest BCUT2D eigenvalue weighted by Gasteiger charge is 2.14. The molecule has 2 N–H and O–H groups in total. The number of nitrogens with one attached hydrogen (secondary N) is 1. The molecule has 0 radical (unpaired) electrons. The SMILES string of the molecule is CCn1cc(Cl)cc1C(=O)NCC(O)CC(C)C. The number of nitrogens with zero attached hydrogens (tertiary/aromatic N) is 1. The van der Waals surface area contributed by atoms with Gasteiger partial charge in [-0.15, -0.1) is 0 Å². The lowest BCUT2D eigenvalue weighted by molar-refractivity contribution is 0.0891. The van der Waals surface area contributed by atoms with Crippen molar-refractivity contribution >= 4 is 17.5 Å². The maximum Gasteiger partial charge on any atom is 0.268 e. The van der Waals surface area contributed by atoms with Crippen LogP contribution < -0.4 is 5.32 Å². The lowest BCUT2D eigenvalue weighted by Gasteiger charge is -2.14. The Morgan fingerprint density at radius 3 is 2.78 bits per heavy atom. The Labute approximate surface area is 113 Å². The van der Waals surface area contributed by atoms with E-state index >= 15 is 0 Å². The van der Waals surface area contributed by atoms with Gasteiger partial charge < -0.3 is 15.0 Å². The van der Waals surface area contributed by atoms with Crippen LogP contribution in [-0.4, -0.2) is 28.2 Å². The zero-order valence-corrected chi connectivity index (χ0v) is 11.9. The molecular weight excluding hydrogens is 252 g/mol. The van der Waals surface area contributed by atoms with Gasteiger partial charge in [-0.2, -0.15) is 0 Å². The predicted molar refractivity (Wildman–Crippen MR) is 72.9 cm³/mol. The van der Waals surface area contributed by atoms with Crippen molar-refractivity contribution in [3.05, 3.63) is 23.0 Å². The quantitative estimate of drug-likeness (QED) is 0.835. The van der Waals surface area contributed by atoms with Crippen LogP contribution in [0.15, 0.2) is 12.3 Å². The van der Waals surface area contributed by atoms with E-state index in [1.165, 1.54) is 0 Å². The minimum Gasteiger partial charge on any atom is -0.391 e. The fourth-order valence-corrected chi connectivity index (χ4v) is 2.08. The van der Waals surface area contributed by atoms with E-state index in [0.29, 0.717) is 29.6 Å². The lowest BCUT2D eigenvalue weighted by Crippen LogP contribution is -2.33. The average Bonchev–Trinajstić information content (AvgIpc) is 2.66. The second-order valence-corrected chi connectivity index (χ2v) is 5.26. The summed E-state index contributed by atoms with van der Waals surface area (Å²) in [5, 5.41) is 13.0. The first-order chi connectivity index (χ1) is 8.43. The molecule has 0 saturated carbocycles. The number of amides is 1. The van der Waals surface area contributed by atoms with E-state index in [1.54, 1.807) is 16.8 Å². The molecule has 1 aromatic rings. The topological polar surface area (TPSA) is 54.3 Å². The second kappa shape index (κ2) is 6.81. The fraction of sp³-hybridized carbons (Fsp3) is 0.615. The molecular formula is C13H21ClN2O2. The predicted octanol–water partition coefficient (Wildman–Crippen LogP) is 2.30. The number of carbonyl (C=O) groups is 1. The van der Waals surface area contributed by atoms with Crippen molar-refractivity contribution in [1.29, 1.82) is 0 Å². The Hall–Kier alpha value is -1.00. The van der Waals surface area contributed by atoms with Crippen molar-refractivity contribution in [3.8, 4) is 0 Å². The number of hydrogen-bond donors (Lipinski definition) is 2. The zero-order valence-electron chi connectivity index (χ0n) is 11.1. The monoisotopic (exact) mass is 272 g/mol. The summed E-state index contributed by atoms with van der Waals surface area (Å²) in [7, 11) is 0. The summed E-state index contributed by atoms with van der Waals surface area (Å²) in [5.74, 6) is 0.206. The first-order valence-electron chi connectivity index (χ1n) is 6.26. The third-order valence-corrected chi connectivity index (χ3v) is 2.88. The molecule has 4 nitrogen and oxygen atoms in total. The maximum atomic E-state index is 11.9. The zero-order chi connectivity index (χ0) is 13.7. The highest BCUT2D eigenvalue weighted by atomic mass is 35.5. The largest absolute Gasteiger partial charge is 0.391 e. The number of carbonyl (C=O) groups excluding carboxylic acids is 1. The van der Waals surface area contributed by atoms with Crippen LogP contribution in [0, 0.1) is 5.92 Å². The van der Waals surface area contributed by atoms with Gasteiger partial charge in [0, 0.05) is 19.3 Å². The highest BCUT2D eigenvalue weighted by Crippen LogP contribution is 2.14. The van der Waals surface area contributed by atoms with Crippen LogP contribution in [-0.2, 0) is 6.54 Å². The van der Waals surface area contributed by atoms with E-state index in [2.05, 4.69) is 5.32 Å². The number of hydrogen-bond acceptors (Lipinski definition) is 2. The number of aliphatic hydroxyl groups is 1. The summed E-state index contributed by atoms with van der Waals surface area (Å²) in [5.41, 5.74) is 0.527. The van der Waals surface area contributed by atoms with Gasteiger partial charge in [-0.1, -0.05) is 25.4 Å². The van der Waals surface area contributed by atoms with E-state index in [1.807, 2.05) is 20.8 Å². The van der Waals surface area contributed by atoms with Gasteiger partial charge in [0.25, 0.3) is 5.91 Å². The summed E-state index contributed by atoms with van der Waals surface area (Å²) in [4.78, 5) is 11.9. The van der Waals surface area contributed by atoms with Crippen LogP contribution >= 0.6 is 11.6 Å². The van der Waals surface area contributed by atoms with Crippen molar-refractivity contribution in [3.63, 3.8) is 0 Å². The van der Waals surface area contributed by atoms with Crippen LogP contribution in [0.1, 0.15) is 37.7 Å². The Morgan fingerprint density at radius 2 is 2.22 bits per heavy atom. The number of halogens is 1. The van der Waals surface area contributed by atoms with Gasteiger partial charge in [0.1, 0.15) is 5.69 Å². The molecule has 0 aliphatic rings. The lowest BCUT2D eigenvalue weighted by atomic mass is 10.1. The van der Waals surface area contributed by atoms with Gasteiger partial charge >= 0.3 is 0 Å². The molecule has 1 rings (SSSR count). The van der Waals surface area contributed by atoms with Gasteiger partial charge in [0.15, 0.2) is 0 Å². The minimum atomic E-state index is -0.505. The van der Waals surface area contributed by atoms with Crippen molar-refractivity contribution in [2.24, 2.45) is 5.92 Å². The second-order valence-electron chi connectivity index (χ2n) is 4.82. The summed E-state index contributed by atoms with van der Waals surface area (Å²) < 4.78 is 1.78. The standard InChI is InChI=1S/C13H21ClN2O2/c1-4-16-8-10(14)6-12(16)13(18)15-7-11(17)5-9(2)3/h6,8-9,11,17H,4-5,7H2,1-3H3,(H,15,18). The Kier molecular flexibility index (Phi) is 5.69. The maximum absolute atomic E-state index is 11.9. The first-order valence-corrected chi connectivity index (χ1v) is 6.63. The number of rotatable bonds is 6. The van der Waals surface area contributed by atoms with Crippen molar-refractivity contribution < 1.29 is 9.90 Å². The van der Waals surface area contributed by atoms with Crippen molar-refractivity contribution in [1.82, 2.24) is 9.88 Å². The smallest absolute Gasteiger partial charge is 0.268 e. The third kappa shape index (κ3) is 4.35. The van der Waals surface area contributed by atoms with Gasteiger partial charge in [-0.25, -0.2) is 0 Å². The molecule has 0 bridgehead atoms. The summed E-state index contributed by atoms with van der Waals surface area (Å²) in [6, 6.07) is 1.63. The molecule has 5 heteroatoms. The number of aromatic nitrogens is 1. The molecule has 18 heavy (non-hydrogen) atoms. The number of aryl methyl sites for hydroxylation is 1. The number of aliphatic hydroxyl groups excluding tert-OH is 1. The van der Waals surface area contributed by atoms with Crippen LogP contribution in [0.2, 0.25) is 5.02 Å². The minimum absolute atomic E-state index is 0.202. The molecule has 0 aliphatic heterocycles. The van der Waals surface area contributed by atoms with Crippen LogP contribution in [0.4, 0.5) is 0 Å². The molecule has 1 atom stereocenters. The summed E-state index contributed by atoms with van der Waals surface area (Å²) in [6.45, 7) is 6.97. The van der Waals surface area contributed by atoms with Gasteiger partial charge in [-0.3, -0.25) is 4.79 Å². The molecule has 1 aromatic heterocycles. The molecule has 0 aromatic carbocycles. The fourth-order valence-electron chi connectivity index (χ4n) is 1.86. The molecule has 1 amide bonds. The van der Waals surface area contributed by atoms with Crippen LogP contribution in [0.5, 0.6) is 0 Å². The van der Waals surface area contributed by atoms with E-state index in [4.69, 9.17) is 11.6 Å². The average molecular weight is 273 g/mol. The molecule has 102 valence electrons. The van der Waals surface area contributed by atoms with E-state index in [9.17, 15) is 9.90 Å². The van der Waals surface area contributed by atoms with Crippen molar-refractivity contribution in [2.45, 2.75) is 39.8 Å². The third-order valence-electron chi connectivity index (χ3n) is 2.68. The first kappa shape index (κ1) is 15.1. The normalized spacial score (nSPS) is 12.8. The summed E-state index contributed by atoms with van der Waals surface area (Å²) >= 11 is 5.87.